The molecule has 0 aliphatic carbocycles. The van der Waals surface area contributed by atoms with E-state index in [2.05, 4.69) is 20.6 Å². The van der Waals surface area contributed by atoms with Crippen molar-refractivity contribution in [2.24, 2.45) is 0 Å². The molecule has 1 heterocycles. The molecule has 0 fully saturated rings. The van der Waals surface area contributed by atoms with E-state index in [-0.39, 0.29) is 17.1 Å². The van der Waals surface area contributed by atoms with Gasteiger partial charge in [0.1, 0.15) is 5.82 Å². The zero-order valence-electron chi connectivity index (χ0n) is 12.6. The highest BCUT2D eigenvalue weighted by Gasteiger charge is 2.17. The van der Waals surface area contributed by atoms with Crippen molar-refractivity contribution in [2.75, 3.05) is 25.2 Å². The van der Waals surface area contributed by atoms with E-state index in [4.69, 9.17) is 0 Å². The third-order valence-corrected chi connectivity index (χ3v) is 4.22. The maximum Gasteiger partial charge on any atom is 0.272 e. The van der Waals surface area contributed by atoms with Crippen LogP contribution in [-0.4, -0.2) is 45.2 Å². The smallest absolute Gasteiger partial charge is 0.272 e. The number of aromatic nitrogens is 2. The predicted octanol–water partition coefficient (Wildman–Crippen LogP) is 1.14. The molecule has 6 nitrogen and oxygen atoms in total. The van der Waals surface area contributed by atoms with Gasteiger partial charge in [0.2, 0.25) is 0 Å². The molecule has 112 valence electrons. The lowest BCUT2D eigenvalue weighted by molar-refractivity contribution is 0.0949. The SMILES string of the molecule is CNc1cnc(C(C)C)nc1C(=O)NCC(C)S(C)=O. The maximum atomic E-state index is 12.2. The van der Waals surface area contributed by atoms with E-state index in [0.29, 0.717) is 23.8 Å². The molecule has 1 amide bonds. The lowest BCUT2D eigenvalue weighted by Gasteiger charge is -2.13. The molecule has 2 unspecified atom stereocenters. The zero-order chi connectivity index (χ0) is 15.3. The summed E-state index contributed by atoms with van der Waals surface area (Å²) in [4.78, 5) is 20.7. The van der Waals surface area contributed by atoms with Gasteiger partial charge in [-0.25, -0.2) is 9.97 Å². The van der Waals surface area contributed by atoms with Crippen molar-refractivity contribution in [2.45, 2.75) is 31.9 Å². The van der Waals surface area contributed by atoms with Crippen LogP contribution in [0.25, 0.3) is 0 Å². The second kappa shape index (κ2) is 7.33. The summed E-state index contributed by atoms with van der Waals surface area (Å²) < 4.78 is 11.3. The first-order chi connectivity index (χ1) is 9.36. The second-order valence-electron chi connectivity index (χ2n) is 4.91. The van der Waals surface area contributed by atoms with Crippen LogP contribution in [0.2, 0.25) is 0 Å². The minimum Gasteiger partial charge on any atom is -0.385 e. The van der Waals surface area contributed by atoms with Gasteiger partial charge in [0.05, 0.1) is 11.9 Å². The third kappa shape index (κ3) is 4.26. The minimum absolute atomic E-state index is 0.0941. The van der Waals surface area contributed by atoms with Gasteiger partial charge in [-0.2, -0.15) is 0 Å². The Balaban J connectivity index is 2.90. The Kier molecular flexibility index (Phi) is 6.06. The molecule has 0 aliphatic rings. The van der Waals surface area contributed by atoms with Crippen LogP contribution in [0.1, 0.15) is 43.0 Å². The Hall–Kier alpha value is -1.50. The second-order valence-corrected chi connectivity index (χ2v) is 6.72. The van der Waals surface area contributed by atoms with Gasteiger partial charge in [-0.1, -0.05) is 13.8 Å². The summed E-state index contributed by atoms with van der Waals surface area (Å²) in [6, 6.07) is 0. The molecule has 2 N–H and O–H groups in total. The number of carbonyl (C=O) groups is 1. The largest absolute Gasteiger partial charge is 0.385 e. The van der Waals surface area contributed by atoms with E-state index >= 15 is 0 Å². The molecule has 0 spiro atoms. The van der Waals surface area contributed by atoms with Gasteiger partial charge in [0, 0.05) is 41.8 Å². The summed E-state index contributed by atoms with van der Waals surface area (Å²) >= 11 is 0. The number of carbonyl (C=O) groups excluding carboxylic acids is 1. The van der Waals surface area contributed by atoms with Gasteiger partial charge in [0.25, 0.3) is 5.91 Å². The Morgan fingerprint density at radius 1 is 1.40 bits per heavy atom. The number of anilines is 1. The number of amides is 1. The van der Waals surface area contributed by atoms with Crippen molar-refractivity contribution in [1.82, 2.24) is 15.3 Å². The van der Waals surface area contributed by atoms with Crippen molar-refractivity contribution in [1.29, 1.82) is 0 Å². The van der Waals surface area contributed by atoms with Crippen LogP contribution in [0, 0.1) is 0 Å². The Morgan fingerprint density at radius 3 is 2.55 bits per heavy atom. The quantitative estimate of drug-likeness (QED) is 0.822. The monoisotopic (exact) mass is 298 g/mol. The lowest BCUT2D eigenvalue weighted by Crippen LogP contribution is -2.33. The minimum atomic E-state index is -0.965. The first-order valence-electron chi connectivity index (χ1n) is 6.51. The normalized spacial score (nSPS) is 13.9. The Bertz CT molecular complexity index is 505. The van der Waals surface area contributed by atoms with Crippen molar-refractivity contribution in [3.05, 3.63) is 17.7 Å². The summed E-state index contributed by atoms with van der Waals surface area (Å²) in [6.45, 7) is 6.12. The standard InChI is InChI=1S/C13H22N4O2S/c1-8(2)12-15-7-10(14-4)11(17-12)13(18)16-6-9(3)20(5)19/h7-9,14H,6H2,1-5H3,(H,16,18). The van der Waals surface area contributed by atoms with Crippen LogP contribution in [0.15, 0.2) is 6.20 Å². The molecule has 1 aromatic rings. The van der Waals surface area contributed by atoms with Crippen molar-refractivity contribution < 1.29 is 9.00 Å². The summed E-state index contributed by atoms with van der Waals surface area (Å²) in [7, 11) is 0.751. The fourth-order valence-electron chi connectivity index (χ4n) is 1.47. The average molecular weight is 298 g/mol. The van der Waals surface area contributed by atoms with Gasteiger partial charge in [-0.3, -0.25) is 9.00 Å². The molecule has 0 saturated carbocycles. The first kappa shape index (κ1) is 16.6. The Morgan fingerprint density at radius 2 is 2.05 bits per heavy atom. The highest BCUT2D eigenvalue weighted by atomic mass is 32.2. The van der Waals surface area contributed by atoms with E-state index in [1.54, 1.807) is 19.5 Å². The van der Waals surface area contributed by atoms with Crippen LogP contribution in [-0.2, 0) is 10.8 Å². The van der Waals surface area contributed by atoms with Crippen molar-refractivity contribution in [3.8, 4) is 0 Å². The van der Waals surface area contributed by atoms with E-state index in [1.165, 1.54) is 0 Å². The Labute approximate surface area is 122 Å². The number of nitrogens with one attached hydrogen (secondary N) is 2. The first-order valence-corrected chi connectivity index (χ1v) is 8.14. The van der Waals surface area contributed by atoms with Crippen LogP contribution in [0.5, 0.6) is 0 Å². The molecular formula is C13H22N4O2S. The fourth-order valence-corrected chi connectivity index (χ4v) is 1.79. The van der Waals surface area contributed by atoms with Crippen molar-refractivity contribution >= 4 is 22.4 Å². The van der Waals surface area contributed by atoms with Crippen LogP contribution >= 0.6 is 0 Å². The summed E-state index contributed by atoms with van der Waals surface area (Å²) in [6.07, 6.45) is 3.23. The van der Waals surface area contributed by atoms with Crippen molar-refractivity contribution in [3.63, 3.8) is 0 Å². The van der Waals surface area contributed by atoms with Crippen LogP contribution in [0.4, 0.5) is 5.69 Å². The number of hydrogen-bond acceptors (Lipinski definition) is 5. The molecule has 2 atom stereocenters. The van der Waals surface area contributed by atoms with Crippen LogP contribution in [0.3, 0.4) is 0 Å². The predicted molar refractivity (Wildman–Crippen MR) is 81.5 cm³/mol. The molecule has 0 bridgehead atoms. The number of nitrogens with zero attached hydrogens (tertiary/aromatic N) is 2. The molecule has 0 radical (unpaired) electrons. The highest BCUT2D eigenvalue weighted by molar-refractivity contribution is 7.84. The summed E-state index contributed by atoms with van der Waals surface area (Å²) in [5, 5.41) is 5.57. The molecule has 0 saturated heterocycles. The highest BCUT2D eigenvalue weighted by Crippen LogP contribution is 2.15. The lowest BCUT2D eigenvalue weighted by atomic mass is 10.2. The number of rotatable bonds is 6. The van der Waals surface area contributed by atoms with Gasteiger partial charge in [-0.05, 0) is 6.92 Å². The zero-order valence-corrected chi connectivity index (χ0v) is 13.4. The van der Waals surface area contributed by atoms with E-state index < -0.39 is 10.8 Å². The maximum absolute atomic E-state index is 12.2. The topological polar surface area (TPSA) is 84.0 Å². The summed E-state index contributed by atoms with van der Waals surface area (Å²) in [5.41, 5.74) is 0.900. The molecule has 20 heavy (non-hydrogen) atoms. The van der Waals surface area contributed by atoms with E-state index in [0.717, 1.165) is 0 Å². The van der Waals surface area contributed by atoms with Gasteiger partial charge in [0.15, 0.2) is 5.69 Å². The fraction of sp³-hybridized carbons (Fsp3) is 0.615. The van der Waals surface area contributed by atoms with Gasteiger partial charge < -0.3 is 10.6 Å². The molecule has 1 rings (SSSR count). The molecule has 0 aliphatic heterocycles. The van der Waals surface area contributed by atoms with Gasteiger partial charge in [-0.15, -0.1) is 0 Å². The van der Waals surface area contributed by atoms with E-state index in [1.807, 2.05) is 20.8 Å². The molecule has 7 heteroatoms. The molecule has 0 aromatic carbocycles. The molecule has 1 aromatic heterocycles. The van der Waals surface area contributed by atoms with E-state index in [9.17, 15) is 9.00 Å². The summed E-state index contributed by atoms with van der Waals surface area (Å²) in [5.74, 6) is 0.492. The van der Waals surface area contributed by atoms with Gasteiger partial charge >= 0.3 is 0 Å². The molecular weight excluding hydrogens is 276 g/mol. The number of hydrogen-bond donors (Lipinski definition) is 2. The van der Waals surface area contributed by atoms with Crippen LogP contribution < -0.4 is 10.6 Å². The average Bonchev–Trinajstić information content (AvgIpc) is 2.43. The third-order valence-electron chi connectivity index (χ3n) is 2.92.